The van der Waals surface area contributed by atoms with Crippen molar-refractivity contribution in [3.8, 4) is 0 Å². The Morgan fingerprint density at radius 3 is 2.35 bits per heavy atom. The average molecular weight is 400 g/mol. The van der Waals surface area contributed by atoms with Gasteiger partial charge in [-0.25, -0.2) is 4.98 Å². The summed E-state index contributed by atoms with van der Waals surface area (Å²) >= 11 is 0. The van der Waals surface area contributed by atoms with Gasteiger partial charge in [0, 0.05) is 25.5 Å². The fourth-order valence-corrected chi connectivity index (χ4v) is 4.24. The molecule has 144 valence electrons. The van der Waals surface area contributed by atoms with Gasteiger partial charge in [0.2, 0.25) is 0 Å². The van der Waals surface area contributed by atoms with Crippen LogP contribution < -0.4 is 5.32 Å². The summed E-state index contributed by atoms with van der Waals surface area (Å²) in [6, 6.07) is 1.98. The Bertz CT molecular complexity index is 792. The summed E-state index contributed by atoms with van der Waals surface area (Å²) in [5, 5.41) is 8.88. The smallest absolute Gasteiger partial charge is 0.255 e. The number of hydrogen-bond donors (Lipinski definition) is 1. The van der Waals surface area contributed by atoms with Crippen LogP contribution in [0.2, 0.25) is 0 Å². The van der Waals surface area contributed by atoms with Gasteiger partial charge in [-0.15, -0.1) is 24.8 Å². The summed E-state index contributed by atoms with van der Waals surface area (Å²) in [6.07, 6.45) is 2.20. The van der Waals surface area contributed by atoms with Gasteiger partial charge in [0.1, 0.15) is 0 Å². The van der Waals surface area contributed by atoms with E-state index >= 15 is 0 Å². The predicted molar refractivity (Wildman–Crippen MR) is 107 cm³/mol. The number of rotatable bonds is 1. The van der Waals surface area contributed by atoms with Crippen LogP contribution in [0, 0.1) is 25.7 Å². The summed E-state index contributed by atoms with van der Waals surface area (Å²) in [7, 11) is 1.89. The number of aromatic nitrogens is 3. The quantitative estimate of drug-likeness (QED) is 0.799. The van der Waals surface area contributed by atoms with Gasteiger partial charge in [0.25, 0.3) is 5.91 Å². The van der Waals surface area contributed by atoms with Crippen LogP contribution in [0.5, 0.6) is 0 Å². The molecule has 2 aromatic rings. The van der Waals surface area contributed by atoms with Crippen molar-refractivity contribution in [1.82, 2.24) is 25.0 Å². The number of fused-ring (bicyclic) bond motifs is 2. The molecular formula is C18H27Cl2N5O. The molecule has 1 amide bonds. The third-order valence-electron chi connectivity index (χ3n) is 5.73. The van der Waals surface area contributed by atoms with E-state index in [1.54, 1.807) is 4.68 Å². The lowest BCUT2D eigenvalue weighted by Gasteiger charge is -2.21. The predicted octanol–water partition coefficient (Wildman–Crippen LogP) is 2.50. The molecule has 0 spiro atoms. The van der Waals surface area contributed by atoms with Crippen molar-refractivity contribution in [3.63, 3.8) is 0 Å². The highest BCUT2D eigenvalue weighted by Gasteiger charge is 2.32. The lowest BCUT2D eigenvalue weighted by atomic mass is 9.92. The van der Waals surface area contributed by atoms with Gasteiger partial charge >= 0.3 is 0 Å². The van der Waals surface area contributed by atoms with E-state index in [0.717, 1.165) is 78.8 Å². The summed E-state index contributed by atoms with van der Waals surface area (Å²) < 4.78 is 1.78. The van der Waals surface area contributed by atoms with Gasteiger partial charge in [-0.1, -0.05) is 0 Å². The van der Waals surface area contributed by atoms with Crippen LogP contribution in [0.1, 0.15) is 34.6 Å². The van der Waals surface area contributed by atoms with Crippen LogP contribution in [0.4, 0.5) is 0 Å². The van der Waals surface area contributed by atoms with E-state index in [0.29, 0.717) is 0 Å². The van der Waals surface area contributed by atoms with Gasteiger partial charge < -0.3 is 10.2 Å². The van der Waals surface area contributed by atoms with Crippen molar-refractivity contribution in [2.75, 3.05) is 26.2 Å². The molecule has 2 aliphatic heterocycles. The van der Waals surface area contributed by atoms with Crippen molar-refractivity contribution in [2.45, 2.75) is 26.7 Å². The topological polar surface area (TPSA) is 63.1 Å². The number of amides is 1. The fourth-order valence-electron chi connectivity index (χ4n) is 4.24. The van der Waals surface area contributed by atoms with Crippen LogP contribution in [-0.4, -0.2) is 51.8 Å². The number of carbonyl (C=O) groups is 1. The minimum Gasteiger partial charge on any atom is -0.339 e. The molecule has 0 bridgehead atoms. The van der Waals surface area contributed by atoms with E-state index in [-0.39, 0.29) is 30.7 Å². The Morgan fingerprint density at radius 2 is 1.73 bits per heavy atom. The zero-order chi connectivity index (χ0) is 16.8. The molecule has 2 aliphatic rings. The molecule has 26 heavy (non-hydrogen) atoms. The molecule has 2 aromatic heterocycles. The summed E-state index contributed by atoms with van der Waals surface area (Å²) in [4.78, 5) is 19.8. The molecular weight excluding hydrogens is 373 g/mol. The number of likely N-dealkylation sites (tertiary alicyclic amines) is 1. The van der Waals surface area contributed by atoms with Crippen molar-refractivity contribution in [3.05, 3.63) is 23.0 Å². The molecule has 0 saturated carbocycles. The summed E-state index contributed by atoms with van der Waals surface area (Å²) in [5.74, 6) is 1.58. The van der Waals surface area contributed by atoms with Gasteiger partial charge in [-0.2, -0.15) is 5.10 Å². The van der Waals surface area contributed by atoms with Gasteiger partial charge in [-0.3, -0.25) is 9.48 Å². The van der Waals surface area contributed by atoms with Gasteiger partial charge in [0.15, 0.2) is 5.65 Å². The highest BCUT2D eigenvalue weighted by Crippen LogP contribution is 2.28. The molecule has 4 heterocycles. The van der Waals surface area contributed by atoms with Gasteiger partial charge in [-0.05, 0) is 57.7 Å². The van der Waals surface area contributed by atoms with Crippen molar-refractivity contribution in [1.29, 1.82) is 0 Å². The van der Waals surface area contributed by atoms with Crippen LogP contribution in [0.15, 0.2) is 6.07 Å². The second-order valence-electron chi connectivity index (χ2n) is 7.25. The first-order chi connectivity index (χ1) is 11.5. The van der Waals surface area contributed by atoms with E-state index in [1.807, 2.05) is 31.9 Å². The maximum absolute atomic E-state index is 13.1. The van der Waals surface area contributed by atoms with Crippen LogP contribution in [-0.2, 0) is 7.05 Å². The molecule has 2 fully saturated rings. The standard InChI is InChI=1S/C18H25N5O.2ClH/c1-11-16(8-15-12(2)21-22(3)17(15)20-11)18(24)23-6-4-13-9-19-10-14(13)5-7-23;;/h8,13-14,19H,4-7,9-10H2,1-3H3;2*1H/t13-,14+;;. The van der Waals surface area contributed by atoms with E-state index in [9.17, 15) is 4.79 Å². The highest BCUT2D eigenvalue weighted by molar-refractivity contribution is 5.98. The minimum atomic E-state index is 0. The fraction of sp³-hybridized carbons (Fsp3) is 0.611. The highest BCUT2D eigenvalue weighted by atomic mass is 35.5. The normalized spacial score (nSPS) is 22.3. The van der Waals surface area contributed by atoms with Crippen LogP contribution in [0.25, 0.3) is 11.0 Å². The SMILES string of the molecule is Cc1nc2c(cc1C(=O)N1CC[C@@H]3CNC[C@@H]3CC1)c(C)nn2C.Cl.Cl. The molecule has 0 aromatic carbocycles. The number of pyridine rings is 1. The van der Waals surface area contributed by atoms with Crippen LogP contribution >= 0.6 is 24.8 Å². The number of halogens is 2. The monoisotopic (exact) mass is 399 g/mol. The van der Waals surface area contributed by atoms with Crippen LogP contribution in [0.3, 0.4) is 0 Å². The summed E-state index contributed by atoms with van der Waals surface area (Å²) in [5.41, 5.74) is 3.29. The Morgan fingerprint density at radius 1 is 1.12 bits per heavy atom. The Kier molecular flexibility index (Phi) is 6.53. The van der Waals surface area contributed by atoms with Crippen molar-refractivity contribution < 1.29 is 4.79 Å². The molecule has 8 heteroatoms. The maximum Gasteiger partial charge on any atom is 0.255 e. The Hall–Kier alpha value is -1.37. The molecule has 1 N–H and O–H groups in total. The molecule has 0 unspecified atom stereocenters. The number of aryl methyl sites for hydroxylation is 3. The van der Waals surface area contributed by atoms with Crippen molar-refractivity contribution in [2.24, 2.45) is 18.9 Å². The third-order valence-corrected chi connectivity index (χ3v) is 5.73. The molecule has 2 atom stereocenters. The van der Waals surface area contributed by atoms with E-state index < -0.39 is 0 Å². The van der Waals surface area contributed by atoms with Crippen molar-refractivity contribution >= 4 is 41.8 Å². The Labute approximate surface area is 166 Å². The van der Waals surface area contributed by atoms with E-state index in [1.165, 1.54) is 0 Å². The molecule has 0 aliphatic carbocycles. The average Bonchev–Trinajstić information content (AvgIpc) is 3.05. The molecule has 2 saturated heterocycles. The lowest BCUT2D eigenvalue weighted by Crippen LogP contribution is -2.33. The largest absolute Gasteiger partial charge is 0.339 e. The van der Waals surface area contributed by atoms with Gasteiger partial charge in [0.05, 0.1) is 17.0 Å². The minimum absolute atomic E-state index is 0. The first kappa shape index (κ1) is 20.9. The van der Waals surface area contributed by atoms with E-state index in [2.05, 4.69) is 15.4 Å². The molecule has 0 radical (unpaired) electrons. The molecule has 6 nitrogen and oxygen atoms in total. The number of nitrogens with one attached hydrogen (secondary N) is 1. The zero-order valence-corrected chi connectivity index (χ0v) is 17.1. The lowest BCUT2D eigenvalue weighted by molar-refractivity contribution is 0.0757. The zero-order valence-electron chi connectivity index (χ0n) is 15.5. The first-order valence-corrected chi connectivity index (χ1v) is 8.85. The summed E-state index contributed by atoms with van der Waals surface area (Å²) in [6.45, 7) is 7.80. The first-order valence-electron chi connectivity index (χ1n) is 8.85. The second-order valence-corrected chi connectivity index (χ2v) is 7.25. The second kappa shape index (κ2) is 8.11. The number of nitrogens with zero attached hydrogens (tertiary/aromatic N) is 4. The number of hydrogen-bond acceptors (Lipinski definition) is 4. The third kappa shape index (κ3) is 3.55. The van der Waals surface area contributed by atoms with E-state index in [4.69, 9.17) is 0 Å². The Balaban J connectivity index is 0.00000121. The number of carbonyl (C=O) groups excluding carboxylic acids is 1. The maximum atomic E-state index is 13.1. The molecule has 4 rings (SSSR count).